The Bertz CT molecular complexity index is 481. The second-order valence-electron chi connectivity index (χ2n) is 5.37. The van der Waals surface area contributed by atoms with Crippen molar-refractivity contribution in [3.8, 4) is 0 Å². The molecular formula is C16H27IN4O. The van der Waals surface area contributed by atoms with Gasteiger partial charge in [-0.05, 0) is 32.0 Å². The average Bonchev–Trinajstić information content (AvgIpc) is 2.95. The van der Waals surface area contributed by atoms with Crippen LogP contribution in [0.1, 0.15) is 25.3 Å². The fourth-order valence-electron chi connectivity index (χ4n) is 2.82. The van der Waals surface area contributed by atoms with E-state index in [9.17, 15) is 0 Å². The minimum Gasteiger partial charge on any atom is -0.380 e. The van der Waals surface area contributed by atoms with Crippen LogP contribution in [0.5, 0.6) is 0 Å². The molecule has 1 saturated heterocycles. The van der Waals surface area contributed by atoms with Gasteiger partial charge in [0.05, 0.1) is 13.2 Å². The average molecular weight is 418 g/mol. The lowest BCUT2D eigenvalue weighted by Gasteiger charge is -2.21. The maximum atomic E-state index is 6.02. The van der Waals surface area contributed by atoms with Gasteiger partial charge in [-0.2, -0.15) is 0 Å². The molecular weight excluding hydrogens is 391 g/mol. The lowest BCUT2D eigenvalue weighted by atomic mass is 10.2. The molecule has 1 heterocycles. The van der Waals surface area contributed by atoms with Crippen molar-refractivity contribution in [2.75, 3.05) is 32.1 Å². The molecule has 124 valence electrons. The summed E-state index contributed by atoms with van der Waals surface area (Å²) >= 11 is 0. The third-order valence-electron chi connectivity index (χ3n) is 3.96. The van der Waals surface area contributed by atoms with Crippen molar-refractivity contribution in [2.24, 2.45) is 10.7 Å². The molecule has 5 nitrogen and oxygen atoms in total. The van der Waals surface area contributed by atoms with Gasteiger partial charge in [0.15, 0.2) is 5.96 Å². The number of hydrogen-bond donors (Lipinski definition) is 2. The first-order valence-corrected chi connectivity index (χ1v) is 7.62. The topological polar surface area (TPSA) is 62.9 Å². The summed E-state index contributed by atoms with van der Waals surface area (Å²) in [5.41, 5.74) is 8.05. The number of halogens is 1. The number of benzene rings is 1. The van der Waals surface area contributed by atoms with Crippen molar-refractivity contribution < 1.29 is 4.74 Å². The molecule has 1 aromatic carbocycles. The van der Waals surface area contributed by atoms with Crippen LogP contribution in [-0.4, -0.2) is 43.6 Å². The molecule has 1 aliphatic heterocycles. The maximum absolute atomic E-state index is 6.02. The number of rotatable bonds is 6. The van der Waals surface area contributed by atoms with Crippen molar-refractivity contribution in [3.63, 3.8) is 0 Å². The first-order chi connectivity index (χ1) is 10.2. The summed E-state index contributed by atoms with van der Waals surface area (Å²) in [6.45, 7) is 5.79. The quantitative estimate of drug-likeness (QED) is 0.424. The van der Waals surface area contributed by atoms with Gasteiger partial charge in [-0.1, -0.05) is 25.1 Å². The number of nitrogens with two attached hydrogens (primary N) is 1. The molecule has 0 spiro atoms. The standard InChI is InChI=1S/C16H26N4O.HI/c1-3-20-10-6-8-14(20)11-18-16(17)19-15-9-5-4-7-13(15)12-21-2;/h4-5,7,9,14H,3,6,8,10-12H2,1-2H3,(H3,17,18,19);1H. The Labute approximate surface area is 150 Å². The highest BCUT2D eigenvalue weighted by atomic mass is 127. The number of ether oxygens (including phenoxy) is 1. The summed E-state index contributed by atoms with van der Waals surface area (Å²) in [7, 11) is 1.69. The lowest BCUT2D eigenvalue weighted by molar-refractivity contribution is 0.185. The van der Waals surface area contributed by atoms with E-state index in [4.69, 9.17) is 10.5 Å². The predicted molar refractivity (Wildman–Crippen MR) is 103 cm³/mol. The second-order valence-corrected chi connectivity index (χ2v) is 5.37. The maximum Gasteiger partial charge on any atom is 0.193 e. The normalized spacial score (nSPS) is 19.0. The number of likely N-dealkylation sites (N-methyl/N-ethyl adjacent to an activating group) is 1. The van der Waals surface area contributed by atoms with Crippen LogP contribution < -0.4 is 11.1 Å². The third-order valence-corrected chi connectivity index (χ3v) is 3.96. The van der Waals surface area contributed by atoms with Crippen LogP contribution in [0.15, 0.2) is 29.3 Å². The molecule has 3 N–H and O–H groups in total. The highest BCUT2D eigenvalue weighted by Gasteiger charge is 2.22. The molecule has 1 fully saturated rings. The van der Waals surface area contributed by atoms with Gasteiger partial charge in [0, 0.05) is 24.4 Å². The molecule has 2 rings (SSSR count). The Morgan fingerprint density at radius 3 is 2.95 bits per heavy atom. The highest BCUT2D eigenvalue weighted by Crippen LogP contribution is 2.17. The van der Waals surface area contributed by atoms with Crippen molar-refractivity contribution in [1.29, 1.82) is 0 Å². The molecule has 0 amide bonds. The van der Waals surface area contributed by atoms with E-state index in [1.54, 1.807) is 7.11 Å². The molecule has 0 aromatic heterocycles. The second kappa shape index (κ2) is 10.0. The smallest absolute Gasteiger partial charge is 0.193 e. The number of anilines is 1. The van der Waals surface area contributed by atoms with Crippen molar-refractivity contribution in [3.05, 3.63) is 29.8 Å². The van der Waals surface area contributed by atoms with Gasteiger partial charge in [-0.25, -0.2) is 0 Å². The van der Waals surface area contributed by atoms with E-state index in [1.165, 1.54) is 19.4 Å². The van der Waals surface area contributed by atoms with Gasteiger partial charge in [-0.15, -0.1) is 24.0 Å². The highest BCUT2D eigenvalue weighted by molar-refractivity contribution is 14.0. The fraction of sp³-hybridized carbons (Fsp3) is 0.562. The number of guanidine groups is 1. The Morgan fingerprint density at radius 1 is 1.45 bits per heavy atom. The molecule has 1 aromatic rings. The summed E-state index contributed by atoms with van der Waals surface area (Å²) in [5, 5.41) is 3.18. The number of para-hydroxylation sites is 1. The number of hydrogen-bond acceptors (Lipinski definition) is 3. The van der Waals surface area contributed by atoms with Gasteiger partial charge >= 0.3 is 0 Å². The molecule has 1 aliphatic rings. The van der Waals surface area contributed by atoms with Gasteiger partial charge in [0.1, 0.15) is 0 Å². The van der Waals surface area contributed by atoms with Crippen molar-refractivity contribution in [1.82, 2.24) is 4.90 Å². The molecule has 22 heavy (non-hydrogen) atoms. The fourth-order valence-corrected chi connectivity index (χ4v) is 2.82. The first kappa shape index (κ1) is 19.2. The monoisotopic (exact) mass is 418 g/mol. The summed E-state index contributed by atoms with van der Waals surface area (Å²) < 4.78 is 5.19. The Hall–Kier alpha value is -0.860. The zero-order chi connectivity index (χ0) is 15.1. The number of nitrogens with zero attached hydrogens (tertiary/aromatic N) is 2. The minimum absolute atomic E-state index is 0. The largest absolute Gasteiger partial charge is 0.380 e. The number of nitrogens with one attached hydrogen (secondary N) is 1. The van der Waals surface area contributed by atoms with Crippen LogP contribution in [-0.2, 0) is 11.3 Å². The van der Waals surface area contributed by atoms with Crippen LogP contribution in [0.3, 0.4) is 0 Å². The summed E-state index contributed by atoms with van der Waals surface area (Å²) in [4.78, 5) is 6.97. The van der Waals surface area contributed by atoms with Crippen molar-refractivity contribution >= 4 is 35.6 Å². The van der Waals surface area contributed by atoms with E-state index in [-0.39, 0.29) is 24.0 Å². The predicted octanol–water partition coefficient (Wildman–Crippen LogP) is 2.66. The number of aliphatic imine (C=N–C) groups is 1. The number of methoxy groups -OCH3 is 1. The first-order valence-electron chi connectivity index (χ1n) is 7.62. The lowest BCUT2D eigenvalue weighted by Crippen LogP contribution is -2.33. The molecule has 0 radical (unpaired) electrons. The zero-order valence-electron chi connectivity index (χ0n) is 13.4. The summed E-state index contributed by atoms with van der Waals surface area (Å²) in [6.07, 6.45) is 2.48. The van der Waals surface area contributed by atoms with E-state index in [0.29, 0.717) is 18.6 Å². The van der Waals surface area contributed by atoms with Crippen LogP contribution in [0.25, 0.3) is 0 Å². The minimum atomic E-state index is 0. The van der Waals surface area contributed by atoms with E-state index in [1.807, 2.05) is 24.3 Å². The number of likely N-dealkylation sites (tertiary alicyclic amines) is 1. The molecule has 0 saturated carbocycles. The van der Waals surface area contributed by atoms with E-state index >= 15 is 0 Å². The molecule has 1 atom stereocenters. The van der Waals surface area contributed by atoms with Gasteiger partial charge in [-0.3, -0.25) is 9.89 Å². The van der Waals surface area contributed by atoms with Gasteiger partial charge < -0.3 is 15.8 Å². The zero-order valence-corrected chi connectivity index (χ0v) is 15.7. The molecule has 0 bridgehead atoms. The van der Waals surface area contributed by atoms with E-state index in [0.717, 1.165) is 24.3 Å². The van der Waals surface area contributed by atoms with E-state index in [2.05, 4.69) is 22.1 Å². The van der Waals surface area contributed by atoms with E-state index < -0.39 is 0 Å². The van der Waals surface area contributed by atoms with Gasteiger partial charge in [0.2, 0.25) is 0 Å². The van der Waals surface area contributed by atoms with Crippen LogP contribution in [0, 0.1) is 0 Å². The SMILES string of the molecule is CCN1CCCC1CN=C(N)Nc1ccccc1COC.I. The third kappa shape index (κ3) is 5.40. The molecule has 6 heteroatoms. The Kier molecular flexibility index (Phi) is 8.74. The molecule has 0 aliphatic carbocycles. The van der Waals surface area contributed by atoms with Crippen molar-refractivity contribution in [2.45, 2.75) is 32.4 Å². The van der Waals surface area contributed by atoms with Crippen LogP contribution in [0.4, 0.5) is 5.69 Å². The Balaban J connectivity index is 0.00000242. The Morgan fingerprint density at radius 2 is 2.23 bits per heavy atom. The molecule has 1 unspecified atom stereocenters. The van der Waals surface area contributed by atoms with Crippen LogP contribution >= 0.6 is 24.0 Å². The summed E-state index contributed by atoms with van der Waals surface area (Å²) in [6, 6.07) is 8.51. The summed E-state index contributed by atoms with van der Waals surface area (Å²) in [5.74, 6) is 0.474. The van der Waals surface area contributed by atoms with Gasteiger partial charge in [0.25, 0.3) is 0 Å². The van der Waals surface area contributed by atoms with Crippen LogP contribution in [0.2, 0.25) is 0 Å².